The number of nitrogens with zero attached hydrogens (tertiary/aromatic N) is 3. The fourth-order valence-electron chi connectivity index (χ4n) is 2.44. The molecule has 0 fully saturated rings. The molecule has 22 heavy (non-hydrogen) atoms. The molecule has 0 radical (unpaired) electrons. The lowest BCUT2D eigenvalue weighted by atomic mass is 10.1. The summed E-state index contributed by atoms with van der Waals surface area (Å²) >= 11 is 0. The SMILES string of the molecule is CC(c1ccccc1)n1nnc(C=O)c1-c1cccc(F)c1. The van der Waals surface area contributed by atoms with E-state index in [-0.39, 0.29) is 17.6 Å². The zero-order chi connectivity index (χ0) is 15.5. The second-order valence-corrected chi connectivity index (χ2v) is 4.98. The quantitative estimate of drug-likeness (QED) is 0.692. The van der Waals surface area contributed by atoms with E-state index in [9.17, 15) is 9.18 Å². The topological polar surface area (TPSA) is 47.8 Å². The number of aromatic nitrogens is 3. The van der Waals surface area contributed by atoms with E-state index in [2.05, 4.69) is 10.3 Å². The first-order valence-corrected chi connectivity index (χ1v) is 6.92. The van der Waals surface area contributed by atoms with Crippen LogP contribution in [-0.4, -0.2) is 21.3 Å². The van der Waals surface area contributed by atoms with Crippen molar-refractivity contribution in [2.45, 2.75) is 13.0 Å². The third-order valence-corrected chi connectivity index (χ3v) is 3.58. The average molecular weight is 295 g/mol. The Morgan fingerprint density at radius 2 is 1.91 bits per heavy atom. The summed E-state index contributed by atoms with van der Waals surface area (Å²) in [5.41, 5.74) is 2.33. The van der Waals surface area contributed by atoms with Gasteiger partial charge in [0.25, 0.3) is 0 Å². The van der Waals surface area contributed by atoms with E-state index < -0.39 is 0 Å². The Balaban J connectivity index is 2.14. The third-order valence-electron chi connectivity index (χ3n) is 3.58. The van der Waals surface area contributed by atoms with Crippen molar-refractivity contribution in [1.82, 2.24) is 15.0 Å². The van der Waals surface area contributed by atoms with E-state index >= 15 is 0 Å². The van der Waals surface area contributed by atoms with Gasteiger partial charge in [-0.05, 0) is 24.6 Å². The molecule has 2 aromatic carbocycles. The third kappa shape index (κ3) is 2.53. The molecule has 1 atom stereocenters. The maximum atomic E-state index is 13.5. The van der Waals surface area contributed by atoms with Crippen molar-refractivity contribution in [3.8, 4) is 11.3 Å². The average Bonchev–Trinajstić information content (AvgIpc) is 2.99. The van der Waals surface area contributed by atoms with Crippen LogP contribution >= 0.6 is 0 Å². The molecule has 5 heteroatoms. The maximum Gasteiger partial charge on any atom is 0.172 e. The van der Waals surface area contributed by atoms with Crippen molar-refractivity contribution in [2.75, 3.05) is 0 Å². The molecule has 0 aliphatic heterocycles. The van der Waals surface area contributed by atoms with E-state index in [4.69, 9.17) is 0 Å². The van der Waals surface area contributed by atoms with Gasteiger partial charge in [0.05, 0.1) is 6.04 Å². The minimum absolute atomic E-state index is 0.124. The van der Waals surface area contributed by atoms with Crippen molar-refractivity contribution in [3.63, 3.8) is 0 Å². The Morgan fingerprint density at radius 1 is 1.14 bits per heavy atom. The Labute approximate surface area is 127 Å². The summed E-state index contributed by atoms with van der Waals surface area (Å²) < 4.78 is 15.2. The van der Waals surface area contributed by atoms with Crippen LogP contribution in [-0.2, 0) is 0 Å². The summed E-state index contributed by atoms with van der Waals surface area (Å²) in [4.78, 5) is 11.2. The summed E-state index contributed by atoms with van der Waals surface area (Å²) in [6.45, 7) is 1.96. The zero-order valence-corrected chi connectivity index (χ0v) is 12.0. The first kappa shape index (κ1) is 14.1. The van der Waals surface area contributed by atoms with Crippen LogP contribution in [0.4, 0.5) is 4.39 Å². The molecule has 0 bridgehead atoms. The van der Waals surface area contributed by atoms with Crippen LogP contribution in [0, 0.1) is 5.82 Å². The van der Waals surface area contributed by atoms with E-state index in [0.29, 0.717) is 17.5 Å². The summed E-state index contributed by atoms with van der Waals surface area (Å²) in [6.07, 6.45) is 0.640. The van der Waals surface area contributed by atoms with Gasteiger partial charge in [0.1, 0.15) is 11.5 Å². The lowest BCUT2D eigenvalue weighted by Gasteiger charge is -2.15. The van der Waals surface area contributed by atoms with Gasteiger partial charge in [-0.2, -0.15) is 0 Å². The van der Waals surface area contributed by atoms with Crippen LogP contribution in [0.3, 0.4) is 0 Å². The first-order chi connectivity index (χ1) is 10.7. The highest BCUT2D eigenvalue weighted by Gasteiger charge is 2.19. The molecule has 3 rings (SSSR count). The van der Waals surface area contributed by atoms with Gasteiger partial charge in [-0.15, -0.1) is 5.10 Å². The molecule has 0 spiro atoms. The van der Waals surface area contributed by atoms with Crippen LogP contribution in [0.15, 0.2) is 54.6 Å². The Kier molecular flexibility index (Phi) is 3.78. The summed E-state index contributed by atoms with van der Waals surface area (Å²) in [5.74, 6) is -0.366. The van der Waals surface area contributed by atoms with Gasteiger partial charge in [-0.1, -0.05) is 47.7 Å². The first-order valence-electron chi connectivity index (χ1n) is 6.92. The van der Waals surface area contributed by atoms with Crippen molar-refractivity contribution in [1.29, 1.82) is 0 Å². The molecule has 4 nitrogen and oxygen atoms in total. The van der Waals surface area contributed by atoms with Gasteiger partial charge in [0, 0.05) is 5.56 Å². The van der Waals surface area contributed by atoms with Gasteiger partial charge in [-0.3, -0.25) is 4.79 Å². The van der Waals surface area contributed by atoms with Gasteiger partial charge < -0.3 is 0 Å². The molecule has 3 aromatic rings. The second-order valence-electron chi connectivity index (χ2n) is 4.98. The minimum Gasteiger partial charge on any atom is -0.296 e. The molecular weight excluding hydrogens is 281 g/mol. The van der Waals surface area contributed by atoms with E-state index in [0.717, 1.165) is 5.56 Å². The molecule has 0 aliphatic rings. The standard InChI is InChI=1S/C17H14FN3O/c1-12(13-6-3-2-4-7-13)21-17(16(11-22)19-20-21)14-8-5-9-15(18)10-14/h2-12H,1H3. The molecule has 0 saturated carbocycles. The monoisotopic (exact) mass is 295 g/mol. The van der Waals surface area contributed by atoms with Crippen LogP contribution in [0.25, 0.3) is 11.3 Å². The minimum atomic E-state index is -0.366. The predicted molar refractivity (Wildman–Crippen MR) is 81.1 cm³/mol. The normalized spacial score (nSPS) is 12.1. The Bertz CT molecular complexity index is 799. The van der Waals surface area contributed by atoms with Gasteiger partial charge >= 0.3 is 0 Å². The predicted octanol–water partition coefficient (Wildman–Crippen LogP) is 3.51. The number of hydrogen-bond donors (Lipinski definition) is 0. The molecule has 1 unspecified atom stereocenters. The Hall–Kier alpha value is -2.82. The highest BCUT2D eigenvalue weighted by molar-refractivity contribution is 5.83. The molecule has 0 N–H and O–H groups in total. The van der Waals surface area contributed by atoms with E-state index in [1.807, 2.05) is 37.3 Å². The van der Waals surface area contributed by atoms with Crippen LogP contribution < -0.4 is 0 Å². The fraction of sp³-hybridized carbons (Fsp3) is 0.118. The molecule has 1 aromatic heterocycles. The highest BCUT2D eigenvalue weighted by Crippen LogP contribution is 2.27. The number of aldehydes is 1. The molecule has 1 heterocycles. The van der Waals surface area contributed by atoms with Crippen molar-refractivity contribution in [3.05, 3.63) is 71.7 Å². The highest BCUT2D eigenvalue weighted by atomic mass is 19.1. The lowest BCUT2D eigenvalue weighted by molar-refractivity contribution is 0.111. The molecular formula is C17H14FN3O. The summed E-state index contributed by atoms with van der Waals surface area (Å²) in [6, 6.07) is 15.7. The molecule has 0 aliphatic carbocycles. The fourth-order valence-corrected chi connectivity index (χ4v) is 2.44. The van der Waals surface area contributed by atoms with Gasteiger partial charge in [-0.25, -0.2) is 9.07 Å². The number of carbonyl (C=O) groups is 1. The molecule has 0 saturated heterocycles. The smallest absolute Gasteiger partial charge is 0.172 e. The lowest BCUT2D eigenvalue weighted by Crippen LogP contribution is -2.10. The Morgan fingerprint density at radius 3 is 2.59 bits per heavy atom. The van der Waals surface area contributed by atoms with Crippen LogP contribution in [0.2, 0.25) is 0 Å². The van der Waals surface area contributed by atoms with Crippen molar-refractivity contribution < 1.29 is 9.18 Å². The number of benzene rings is 2. The van der Waals surface area contributed by atoms with E-state index in [1.54, 1.807) is 16.8 Å². The zero-order valence-electron chi connectivity index (χ0n) is 12.0. The second kappa shape index (κ2) is 5.89. The van der Waals surface area contributed by atoms with Crippen molar-refractivity contribution >= 4 is 6.29 Å². The number of hydrogen-bond acceptors (Lipinski definition) is 3. The summed E-state index contributed by atoms with van der Waals surface area (Å²) in [5, 5.41) is 7.99. The summed E-state index contributed by atoms with van der Waals surface area (Å²) in [7, 11) is 0. The maximum absolute atomic E-state index is 13.5. The van der Waals surface area contributed by atoms with Crippen LogP contribution in [0.1, 0.15) is 29.0 Å². The van der Waals surface area contributed by atoms with Crippen molar-refractivity contribution in [2.24, 2.45) is 0 Å². The van der Waals surface area contributed by atoms with Crippen LogP contribution in [0.5, 0.6) is 0 Å². The molecule has 0 amide bonds. The number of carbonyl (C=O) groups excluding carboxylic acids is 1. The largest absolute Gasteiger partial charge is 0.296 e. The van der Waals surface area contributed by atoms with Gasteiger partial charge in [0.2, 0.25) is 0 Å². The number of rotatable bonds is 4. The molecule has 110 valence electrons. The van der Waals surface area contributed by atoms with E-state index in [1.165, 1.54) is 12.1 Å². The number of halogens is 1. The van der Waals surface area contributed by atoms with Gasteiger partial charge in [0.15, 0.2) is 12.0 Å².